The molecular weight excluding hydrogens is 272 g/mol. The number of nitrogens with one attached hydrogen (secondary N) is 1. The topological polar surface area (TPSA) is 104 Å². The fraction of sp³-hybridized carbons (Fsp3) is 0.818. The van der Waals surface area contributed by atoms with Crippen LogP contribution in [0.4, 0.5) is 0 Å². The largest absolute Gasteiger partial charge is 0.481 e. The van der Waals surface area contributed by atoms with Crippen molar-refractivity contribution >= 4 is 21.9 Å². The minimum absolute atomic E-state index is 0.139. The fourth-order valence-electron chi connectivity index (χ4n) is 2.08. The van der Waals surface area contributed by atoms with E-state index in [1.165, 1.54) is 4.31 Å². The number of nitrogens with zero attached hydrogens (tertiary/aromatic N) is 1. The zero-order chi connectivity index (χ0) is 14.5. The molecule has 1 aliphatic rings. The highest BCUT2D eigenvalue weighted by molar-refractivity contribution is 7.89. The van der Waals surface area contributed by atoms with Gasteiger partial charge in [-0.1, -0.05) is 6.92 Å². The third-order valence-electron chi connectivity index (χ3n) is 2.99. The van der Waals surface area contributed by atoms with Gasteiger partial charge in [-0.2, -0.15) is 0 Å². The number of carbonyl (C=O) groups excluding carboxylic acids is 1. The van der Waals surface area contributed by atoms with E-state index in [0.717, 1.165) is 0 Å². The average molecular weight is 292 g/mol. The van der Waals surface area contributed by atoms with Crippen LogP contribution in [0.3, 0.4) is 0 Å². The molecule has 1 fully saturated rings. The predicted molar refractivity (Wildman–Crippen MR) is 69.1 cm³/mol. The first kappa shape index (κ1) is 15.9. The fourth-order valence-corrected chi connectivity index (χ4v) is 3.62. The highest BCUT2D eigenvalue weighted by atomic mass is 32.2. The van der Waals surface area contributed by atoms with Crippen LogP contribution in [0.15, 0.2) is 0 Å². The number of carboxylic acid groups (broad SMARTS) is 1. The van der Waals surface area contributed by atoms with Gasteiger partial charge in [0.1, 0.15) is 6.42 Å². The molecule has 8 heteroatoms. The molecule has 0 aromatic heterocycles. The maximum Gasteiger partial charge on any atom is 0.312 e. The van der Waals surface area contributed by atoms with Crippen LogP contribution in [0.2, 0.25) is 0 Å². The van der Waals surface area contributed by atoms with Gasteiger partial charge < -0.3 is 10.4 Å². The van der Waals surface area contributed by atoms with Gasteiger partial charge in [0.05, 0.1) is 5.75 Å². The Labute approximate surface area is 113 Å². The average Bonchev–Trinajstić information content (AvgIpc) is 2.28. The number of sulfonamides is 1. The molecule has 0 spiro atoms. The van der Waals surface area contributed by atoms with Crippen molar-refractivity contribution in [1.29, 1.82) is 0 Å². The second kappa shape index (κ2) is 6.85. The number of carboxylic acids is 1. The van der Waals surface area contributed by atoms with Crippen LogP contribution in [0.1, 0.15) is 32.6 Å². The molecule has 0 radical (unpaired) electrons. The van der Waals surface area contributed by atoms with E-state index in [9.17, 15) is 18.0 Å². The molecule has 0 aromatic rings. The van der Waals surface area contributed by atoms with Gasteiger partial charge in [0.15, 0.2) is 0 Å². The Balaban J connectivity index is 2.41. The van der Waals surface area contributed by atoms with Crippen LogP contribution < -0.4 is 5.32 Å². The Morgan fingerprint density at radius 1 is 1.32 bits per heavy atom. The summed E-state index contributed by atoms with van der Waals surface area (Å²) < 4.78 is 25.1. The lowest BCUT2D eigenvalue weighted by Gasteiger charge is -2.31. The summed E-state index contributed by atoms with van der Waals surface area (Å²) in [5.74, 6) is -1.55. The Morgan fingerprint density at radius 2 is 1.89 bits per heavy atom. The number of piperidine rings is 1. The molecule has 0 unspecified atom stereocenters. The smallest absolute Gasteiger partial charge is 0.312 e. The highest BCUT2D eigenvalue weighted by Gasteiger charge is 2.28. The summed E-state index contributed by atoms with van der Waals surface area (Å²) in [6.07, 6.45) is 1.08. The van der Waals surface area contributed by atoms with Crippen molar-refractivity contribution in [2.24, 2.45) is 0 Å². The number of aliphatic carboxylic acids is 1. The minimum Gasteiger partial charge on any atom is -0.481 e. The van der Waals surface area contributed by atoms with Gasteiger partial charge >= 0.3 is 5.97 Å². The van der Waals surface area contributed by atoms with Crippen molar-refractivity contribution in [2.75, 3.05) is 18.8 Å². The molecule has 1 saturated heterocycles. The lowest BCUT2D eigenvalue weighted by molar-refractivity contribution is -0.140. The maximum atomic E-state index is 11.8. The summed E-state index contributed by atoms with van der Waals surface area (Å²) in [5, 5.41) is 11.1. The van der Waals surface area contributed by atoms with Crippen LogP contribution in [-0.4, -0.2) is 54.6 Å². The number of hydrogen-bond donors (Lipinski definition) is 2. The van der Waals surface area contributed by atoms with Crippen molar-refractivity contribution < 1.29 is 23.1 Å². The molecule has 0 bridgehead atoms. The van der Waals surface area contributed by atoms with E-state index in [-0.39, 0.29) is 11.8 Å². The second-order valence-electron chi connectivity index (χ2n) is 4.63. The predicted octanol–water partition coefficient (Wildman–Crippen LogP) is -0.218. The Bertz CT molecular complexity index is 426. The molecule has 1 heterocycles. The molecule has 0 aliphatic carbocycles. The van der Waals surface area contributed by atoms with Gasteiger partial charge in [-0.05, 0) is 19.3 Å². The molecule has 0 aromatic carbocycles. The van der Waals surface area contributed by atoms with Crippen LogP contribution >= 0.6 is 0 Å². The summed E-state index contributed by atoms with van der Waals surface area (Å²) in [4.78, 5) is 21.6. The van der Waals surface area contributed by atoms with E-state index in [0.29, 0.717) is 32.4 Å². The number of rotatable bonds is 6. The first-order valence-electron chi connectivity index (χ1n) is 6.34. The van der Waals surface area contributed by atoms with E-state index in [1.54, 1.807) is 0 Å². The molecule has 1 amide bonds. The second-order valence-corrected chi connectivity index (χ2v) is 6.72. The molecule has 19 heavy (non-hydrogen) atoms. The third kappa shape index (κ3) is 5.15. The van der Waals surface area contributed by atoms with Crippen molar-refractivity contribution in [1.82, 2.24) is 9.62 Å². The van der Waals surface area contributed by atoms with E-state index < -0.39 is 28.3 Å². The molecule has 1 rings (SSSR count). The molecule has 2 N–H and O–H groups in total. The minimum atomic E-state index is -3.18. The quantitative estimate of drug-likeness (QED) is 0.659. The molecular formula is C11H20N2O5S. The zero-order valence-electron chi connectivity index (χ0n) is 11.0. The molecule has 7 nitrogen and oxygen atoms in total. The highest BCUT2D eigenvalue weighted by Crippen LogP contribution is 2.15. The number of carbonyl (C=O) groups is 2. The van der Waals surface area contributed by atoms with Crippen molar-refractivity contribution in [3.8, 4) is 0 Å². The summed E-state index contributed by atoms with van der Waals surface area (Å²) in [7, 11) is -3.18. The van der Waals surface area contributed by atoms with Crippen LogP contribution in [0.5, 0.6) is 0 Å². The Hall–Kier alpha value is -1.15. The first-order chi connectivity index (χ1) is 8.85. The SMILES string of the molecule is CCCS(=O)(=O)N1CCC(NC(=O)CC(=O)O)CC1. The van der Waals surface area contributed by atoms with Gasteiger partial charge in [-0.3, -0.25) is 9.59 Å². The lowest BCUT2D eigenvalue weighted by Crippen LogP contribution is -2.47. The van der Waals surface area contributed by atoms with E-state index in [4.69, 9.17) is 5.11 Å². The molecule has 1 aliphatic heterocycles. The van der Waals surface area contributed by atoms with Crippen molar-refractivity contribution in [3.63, 3.8) is 0 Å². The standard InChI is InChI=1S/C11H20N2O5S/c1-2-7-19(17,18)13-5-3-9(4-6-13)12-10(14)8-11(15)16/h9H,2-8H2,1H3,(H,12,14)(H,15,16). The van der Waals surface area contributed by atoms with Crippen LogP contribution in [-0.2, 0) is 19.6 Å². The van der Waals surface area contributed by atoms with Crippen molar-refractivity contribution in [2.45, 2.75) is 38.6 Å². The lowest BCUT2D eigenvalue weighted by atomic mass is 10.1. The summed E-state index contributed by atoms with van der Waals surface area (Å²) in [5.41, 5.74) is 0. The van der Waals surface area contributed by atoms with E-state index in [2.05, 4.69) is 5.32 Å². The third-order valence-corrected chi connectivity index (χ3v) is 5.06. The monoisotopic (exact) mass is 292 g/mol. The molecule has 0 saturated carbocycles. The van der Waals surface area contributed by atoms with Crippen LogP contribution in [0, 0.1) is 0 Å². The van der Waals surface area contributed by atoms with Crippen molar-refractivity contribution in [3.05, 3.63) is 0 Å². The molecule has 110 valence electrons. The van der Waals surface area contributed by atoms with Gasteiger partial charge in [-0.15, -0.1) is 0 Å². The van der Waals surface area contributed by atoms with Gasteiger partial charge in [0.25, 0.3) is 0 Å². The summed E-state index contributed by atoms with van der Waals surface area (Å²) in [6.45, 7) is 2.57. The summed E-state index contributed by atoms with van der Waals surface area (Å²) in [6, 6.07) is -0.139. The number of amides is 1. The van der Waals surface area contributed by atoms with Gasteiger partial charge in [0, 0.05) is 19.1 Å². The maximum absolute atomic E-state index is 11.8. The van der Waals surface area contributed by atoms with E-state index >= 15 is 0 Å². The Morgan fingerprint density at radius 3 is 2.37 bits per heavy atom. The Kier molecular flexibility index (Phi) is 5.74. The molecule has 0 atom stereocenters. The summed E-state index contributed by atoms with van der Waals surface area (Å²) >= 11 is 0. The van der Waals surface area contributed by atoms with E-state index in [1.807, 2.05) is 6.92 Å². The van der Waals surface area contributed by atoms with Crippen LogP contribution in [0.25, 0.3) is 0 Å². The van der Waals surface area contributed by atoms with Gasteiger partial charge in [-0.25, -0.2) is 12.7 Å². The number of hydrogen-bond acceptors (Lipinski definition) is 4. The zero-order valence-corrected chi connectivity index (χ0v) is 11.8. The first-order valence-corrected chi connectivity index (χ1v) is 7.95. The normalized spacial score (nSPS) is 18.2. The van der Waals surface area contributed by atoms with Gasteiger partial charge in [0.2, 0.25) is 15.9 Å².